The molecular formula is C10H11ClN8O2. The molecule has 0 aliphatic carbocycles. The third kappa shape index (κ3) is 2.34. The van der Waals surface area contributed by atoms with Crippen LogP contribution < -0.4 is 5.73 Å². The number of nitrogen functional groups attached to an aromatic ring is 1. The molecule has 21 heavy (non-hydrogen) atoms. The number of imidazole rings is 1. The van der Waals surface area contributed by atoms with Crippen LogP contribution in [-0.4, -0.2) is 43.4 Å². The Morgan fingerprint density at radius 2 is 2.43 bits per heavy atom. The van der Waals surface area contributed by atoms with Crippen molar-refractivity contribution in [3.63, 3.8) is 0 Å². The van der Waals surface area contributed by atoms with E-state index in [0.29, 0.717) is 17.6 Å². The molecule has 3 heterocycles. The molecule has 1 aliphatic rings. The van der Waals surface area contributed by atoms with Crippen molar-refractivity contribution in [3.05, 3.63) is 22.1 Å². The predicted molar refractivity (Wildman–Crippen MR) is 73.3 cm³/mol. The van der Waals surface area contributed by atoms with Crippen LogP contribution in [0.15, 0.2) is 11.4 Å². The van der Waals surface area contributed by atoms with E-state index >= 15 is 0 Å². The smallest absolute Gasteiger partial charge is 0.226 e. The summed E-state index contributed by atoms with van der Waals surface area (Å²) in [5.41, 5.74) is 15.2. The Kier molecular flexibility index (Phi) is 3.52. The molecule has 2 aromatic heterocycles. The number of fused-ring (bicyclic) bond motifs is 1. The molecule has 1 unspecified atom stereocenters. The second-order valence-electron chi connectivity index (χ2n) is 4.54. The van der Waals surface area contributed by atoms with E-state index in [0.717, 1.165) is 0 Å². The van der Waals surface area contributed by atoms with Gasteiger partial charge in [-0.15, -0.1) is 0 Å². The third-order valence-corrected chi connectivity index (χ3v) is 3.43. The van der Waals surface area contributed by atoms with Gasteiger partial charge >= 0.3 is 0 Å². The van der Waals surface area contributed by atoms with Gasteiger partial charge in [0.15, 0.2) is 11.5 Å². The van der Waals surface area contributed by atoms with E-state index in [1.165, 1.54) is 6.33 Å². The van der Waals surface area contributed by atoms with Crippen LogP contribution in [0.2, 0.25) is 5.28 Å². The van der Waals surface area contributed by atoms with E-state index in [9.17, 15) is 5.11 Å². The van der Waals surface area contributed by atoms with E-state index < -0.39 is 18.4 Å². The molecule has 110 valence electrons. The first-order valence-corrected chi connectivity index (χ1v) is 6.48. The summed E-state index contributed by atoms with van der Waals surface area (Å²) in [6.45, 7) is -0.168. The summed E-state index contributed by atoms with van der Waals surface area (Å²) in [4.78, 5) is 14.8. The van der Waals surface area contributed by atoms with Crippen LogP contribution >= 0.6 is 11.6 Å². The summed E-state index contributed by atoms with van der Waals surface area (Å²) in [6.07, 6.45) is 0.821. The monoisotopic (exact) mass is 310 g/mol. The summed E-state index contributed by atoms with van der Waals surface area (Å²) < 4.78 is 7.25. The van der Waals surface area contributed by atoms with Gasteiger partial charge in [0.25, 0.3) is 0 Å². The van der Waals surface area contributed by atoms with Crippen molar-refractivity contribution in [1.82, 2.24) is 19.5 Å². The van der Waals surface area contributed by atoms with Crippen molar-refractivity contribution in [2.24, 2.45) is 5.11 Å². The Morgan fingerprint density at radius 1 is 1.62 bits per heavy atom. The predicted octanol–water partition coefficient (Wildman–Crippen LogP) is 1.02. The van der Waals surface area contributed by atoms with Crippen molar-refractivity contribution < 1.29 is 9.84 Å². The summed E-state index contributed by atoms with van der Waals surface area (Å²) in [5.74, 6) is 0.154. The molecule has 0 amide bonds. The van der Waals surface area contributed by atoms with Gasteiger partial charge in [0, 0.05) is 4.91 Å². The Bertz CT molecular complexity index is 727. The number of aliphatic hydroxyl groups excluding tert-OH is 1. The van der Waals surface area contributed by atoms with E-state index in [2.05, 4.69) is 25.0 Å². The van der Waals surface area contributed by atoms with Crippen LogP contribution in [0.5, 0.6) is 0 Å². The maximum Gasteiger partial charge on any atom is 0.226 e. The number of halogens is 1. The SMILES string of the molecule is [N-]=[N+]=NC1C[C@@H](CO)O[C@H]1n1cnc2c(N)nc(Cl)nc21. The lowest BCUT2D eigenvalue weighted by atomic mass is 10.2. The maximum atomic E-state index is 9.22. The highest BCUT2D eigenvalue weighted by molar-refractivity contribution is 6.28. The van der Waals surface area contributed by atoms with Crippen molar-refractivity contribution in [1.29, 1.82) is 0 Å². The van der Waals surface area contributed by atoms with Gasteiger partial charge in [-0.25, -0.2) is 4.98 Å². The quantitative estimate of drug-likeness (QED) is 0.374. The maximum absolute atomic E-state index is 9.22. The number of rotatable bonds is 3. The number of nitrogens with zero attached hydrogens (tertiary/aromatic N) is 7. The highest BCUT2D eigenvalue weighted by Gasteiger charge is 2.36. The fourth-order valence-corrected chi connectivity index (χ4v) is 2.54. The van der Waals surface area contributed by atoms with Crippen molar-refractivity contribution >= 4 is 28.6 Å². The Labute approximate surface area is 123 Å². The molecule has 0 saturated carbocycles. The highest BCUT2D eigenvalue weighted by atomic mass is 35.5. The summed E-state index contributed by atoms with van der Waals surface area (Å²) in [7, 11) is 0. The highest BCUT2D eigenvalue weighted by Crippen LogP contribution is 2.33. The van der Waals surface area contributed by atoms with Gasteiger partial charge in [0.1, 0.15) is 11.7 Å². The number of anilines is 1. The summed E-state index contributed by atoms with van der Waals surface area (Å²) in [5, 5.41) is 12.9. The first-order valence-electron chi connectivity index (χ1n) is 6.10. The van der Waals surface area contributed by atoms with Crippen LogP contribution in [0.25, 0.3) is 21.6 Å². The number of aliphatic hydroxyl groups is 1. The minimum Gasteiger partial charge on any atom is -0.394 e. The number of hydrogen-bond acceptors (Lipinski definition) is 7. The van der Waals surface area contributed by atoms with Gasteiger partial charge in [-0.05, 0) is 23.6 Å². The third-order valence-electron chi connectivity index (χ3n) is 3.26. The second kappa shape index (κ2) is 5.34. The molecule has 3 N–H and O–H groups in total. The van der Waals surface area contributed by atoms with E-state index in [4.69, 9.17) is 27.6 Å². The van der Waals surface area contributed by atoms with Crippen LogP contribution in [0.3, 0.4) is 0 Å². The van der Waals surface area contributed by atoms with Crippen molar-refractivity contribution in [2.45, 2.75) is 24.8 Å². The Balaban J connectivity index is 2.08. The van der Waals surface area contributed by atoms with E-state index in [1.54, 1.807) is 4.57 Å². The zero-order valence-corrected chi connectivity index (χ0v) is 11.4. The lowest BCUT2D eigenvalue weighted by molar-refractivity contribution is -0.0238. The number of azide groups is 1. The summed E-state index contributed by atoms with van der Waals surface area (Å²) >= 11 is 5.81. The molecule has 0 bridgehead atoms. The number of aromatic nitrogens is 4. The average molecular weight is 311 g/mol. The van der Waals surface area contributed by atoms with Gasteiger partial charge in [-0.1, -0.05) is 5.11 Å². The normalized spacial score (nSPS) is 25.1. The topological polar surface area (TPSA) is 148 Å². The van der Waals surface area contributed by atoms with Gasteiger partial charge in [-0.3, -0.25) is 4.57 Å². The number of nitrogens with two attached hydrogens (primary N) is 1. The van der Waals surface area contributed by atoms with E-state index in [1.807, 2.05) is 0 Å². The minimum absolute atomic E-state index is 0.0150. The fraction of sp³-hybridized carbons (Fsp3) is 0.500. The van der Waals surface area contributed by atoms with Gasteiger partial charge in [-0.2, -0.15) is 9.97 Å². The van der Waals surface area contributed by atoms with Gasteiger partial charge in [0.05, 0.1) is 25.1 Å². The molecule has 11 heteroatoms. The molecule has 1 saturated heterocycles. The molecule has 0 aromatic carbocycles. The lowest BCUT2D eigenvalue weighted by Crippen LogP contribution is -2.18. The first kappa shape index (κ1) is 13.8. The molecule has 0 spiro atoms. The molecule has 1 fully saturated rings. The van der Waals surface area contributed by atoms with Gasteiger partial charge < -0.3 is 15.6 Å². The van der Waals surface area contributed by atoms with Crippen LogP contribution in [0, 0.1) is 0 Å². The standard InChI is InChI=1S/C10H11ClN8O2/c11-10-15-7(12)6-8(16-10)19(3-14-6)9-5(17-18-13)1-4(2-20)21-9/h3-5,9,20H,1-2H2,(H2,12,15,16)/t4-,5?,9+/m0/s1. The first-order chi connectivity index (χ1) is 10.1. The zero-order valence-electron chi connectivity index (χ0n) is 10.7. The van der Waals surface area contributed by atoms with Crippen LogP contribution in [-0.2, 0) is 4.74 Å². The van der Waals surface area contributed by atoms with Crippen molar-refractivity contribution in [2.75, 3.05) is 12.3 Å². The molecule has 0 radical (unpaired) electrons. The molecule has 1 aliphatic heterocycles. The largest absolute Gasteiger partial charge is 0.394 e. The number of ether oxygens (including phenoxy) is 1. The lowest BCUT2D eigenvalue weighted by Gasteiger charge is -2.17. The van der Waals surface area contributed by atoms with Crippen LogP contribution in [0.1, 0.15) is 12.6 Å². The zero-order chi connectivity index (χ0) is 15.0. The Hall–Kier alpha value is -2.13. The second-order valence-corrected chi connectivity index (χ2v) is 4.88. The van der Waals surface area contributed by atoms with Crippen LogP contribution in [0.4, 0.5) is 5.82 Å². The minimum atomic E-state index is -0.631. The molecule has 10 nitrogen and oxygen atoms in total. The molecule has 3 rings (SSSR count). The summed E-state index contributed by atoms with van der Waals surface area (Å²) in [6, 6.07) is -0.487. The van der Waals surface area contributed by atoms with Crippen molar-refractivity contribution in [3.8, 4) is 0 Å². The average Bonchev–Trinajstić information content (AvgIpc) is 3.02. The number of hydrogen-bond donors (Lipinski definition) is 2. The van der Waals surface area contributed by atoms with Gasteiger partial charge in [0.2, 0.25) is 5.28 Å². The molecular weight excluding hydrogens is 300 g/mol. The fourth-order valence-electron chi connectivity index (χ4n) is 2.37. The molecule has 3 atom stereocenters. The molecule has 2 aromatic rings. The van der Waals surface area contributed by atoms with E-state index in [-0.39, 0.29) is 17.7 Å². The Morgan fingerprint density at radius 3 is 3.14 bits per heavy atom.